The highest BCUT2D eigenvalue weighted by atomic mass is 19.4. The smallest absolute Gasteiger partial charge is 0.416 e. The third-order valence-electron chi connectivity index (χ3n) is 7.20. The molecule has 45 heavy (non-hydrogen) atoms. The van der Waals surface area contributed by atoms with E-state index >= 15 is 0 Å². The van der Waals surface area contributed by atoms with E-state index in [9.17, 15) is 44.7 Å². The highest BCUT2D eigenvalue weighted by molar-refractivity contribution is 5.99. The summed E-state index contributed by atoms with van der Waals surface area (Å²) in [7, 11) is 1.31. The number of nitrogens with one attached hydrogen (secondary N) is 3. The van der Waals surface area contributed by atoms with Gasteiger partial charge in [-0.15, -0.1) is 0 Å². The number of halogens is 8. The Bertz CT molecular complexity index is 1500. The van der Waals surface area contributed by atoms with E-state index < -0.39 is 60.6 Å². The van der Waals surface area contributed by atoms with Gasteiger partial charge < -0.3 is 25.1 Å². The standard InChI is InChI=1S/C28H29F8N5O4/c1-44-13-23(42)37-11-14-2-7-19(28(34,35)36)15(8-14)9-22-39-20-10-18(26(41-24(20)40-22)45-12-21(29)30)25(43)38-17-5-3-16(4-6-17)27(31,32)33/h2,7-8,10,16-17,21H,3-6,9,11-13H2,1H3,(H,37,42)(H,38,43)(H,39,40,41). The Morgan fingerprint density at radius 1 is 1.04 bits per heavy atom. The van der Waals surface area contributed by atoms with E-state index in [1.165, 1.54) is 25.3 Å². The van der Waals surface area contributed by atoms with E-state index in [2.05, 4.69) is 25.6 Å². The van der Waals surface area contributed by atoms with Gasteiger partial charge in [0.15, 0.2) is 12.3 Å². The first kappa shape index (κ1) is 33.9. The first-order chi connectivity index (χ1) is 21.1. The number of aromatic amines is 1. The van der Waals surface area contributed by atoms with Crippen LogP contribution in [0.3, 0.4) is 0 Å². The van der Waals surface area contributed by atoms with Crippen molar-refractivity contribution in [2.24, 2.45) is 5.92 Å². The molecule has 1 fully saturated rings. The van der Waals surface area contributed by atoms with Gasteiger partial charge in [-0.05, 0) is 48.9 Å². The topological polar surface area (TPSA) is 118 Å². The van der Waals surface area contributed by atoms with Gasteiger partial charge in [0.1, 0.15) is 18.0 Å². The number of aromatic nitrogens is 3. The van der Waals surface area contributed by atoms with Crippen molar-refractivity contribution >= 4 is 23.0 Å². The first-order valence-electron chi connectivity index (χ1n) is 13.8. The number of pyridine rings is 1. The van der Waals surface area contributed by atoms with Crippen LogP contribution in [0.5, 0.6) is 5.88 Å². The van der Waals surface area contributed by atoms with Gasteiger partial charge >= 0.3 is 12.4 Å². The number of alkyl halides is 8. The summed E-state index contributed by atoms with van der Waals surface area (Å²) >= 11 is 0. The van der Waals surface area contributed by atoms with E-state index in [0.29, 0.717) is 5.56 Å². The number of fused-ring (bicyclic) bond motifs is 1. The molecule has 1 aliphatic rings. The second-order valence-corrected chi connectivity index (χ2v) is 10.5. The Kier molecular flexibility index (Phi) is 10.5. The lowest BCUT2D eigenvalue weighted by Crippen LogP contribution is -2.40. The molecule has 246 valence electrons. The molecule has 17 heteroatoms. The van der Waals surface area contributed by atoms with Crippen LogP contribution in [0.2, 0.25) is 0 Å². The highest BCUT2D eigenvalue weighted by Gasteiger charge is 2.41. The van der Waals surface area contributed by atoms with Crippen LogP contribution < -0.4 is 15.4 Å². The van der Waals surface area contributed by atoms with Gasteiger partial charge in [0.25, 0.3) is 12.3 Å². The second kappa shape index (κ2) is 14.0. The van der Waals surface area contributed by atoms with E-state index in [4.69, 9.17) is 9.47 Å². The number of hydrogen-bond acceptors (Lipinski definition) is 6. The van der Waals surface area contributed by atoms with Crippen LogP contribution in [0.15, 0.2) is 24.3 Å². The van der Waals surface area contributed by atoms with Gasteiger partial charge in [-0.1, -0.05) is 12.1 Å². The number of rotatable bonds is 11. The zero-order valence-corrected chi connectivity index (χ0v) is 23.7. The summed E-state index contributed by atoms with van der Waals surface area (Å²) in [5.41, 5.74) is -1.14. The number of nitrogens with zero attached hydrogens (tertiary/aromatic N) is 2. The maximum Gasteiger partial charge on any atom is 0.416 e. The Morgan fingerprint density at radius 3 is 2.38 bits per heavy atom. The average Bonchev–Trinajstić information content (AvgIpc) is 3.35. The number of hydrogen-bond donors (Lipinski definition) is 3. The van der Waals surface area contributed by atoms with Gasteiger partial charge in [0.05, 0.1) is 17.0 Å². The zero-order chi connectivity index (χ0) is 32.9. The number of H-pyrrole nitrogens is 1. The number of imidazole rings is 1. The summed E-state index contributed by atoms with van der Waals surface area (Å²) in [6.07, 6.45) is -12.7. The van der Waals surface area contributed by atoms with Crippen molar-refractivity contribution in [2.45, 2.75) is 63.5 Å². The quantitative estimate of drug-likeness (QED) is 0.242. The van der Waals surface area contributed by atoms with Crippen molar-refractivity contribution in [3.8, 4) is 5.88 Å². The van der Waals surface area contributed by atoms with Crippen molar-refractivity contribution in [3.63, 3.8) is 0 Å². The number of carbonyl (C=O) groups excluding carboxylic acids is 2. The minimum absolute atomic E-state index is 0.00795. The van der Waals surface area contributed by atoms with Gasteiger partial charge in [-0.2, -0.15) is 31.3 Å². The molecule has 3 aromatic rings. The fourth-order valence-corrected chi connectivity index (χ4v) is 5.05. The lowest BCUT2D eigenvalue weighted by Gasteiger charge is -2.30. The molecule has 0 aliphatic heterocycles. The molecule has 3 N–H and O–H groups in total. The number of ether oxygens (including phenoxy) is 2. The minimum atomic E-state index is -4.72. The molecule has 1 aliphatic carbocycles. The molecule has 0 bridgehead atoms. The summed E-state index contributed by atoms with van der Waals surface area (Å²) in [6.45, 7) is -1.44. The van der Waals surface area contributed by atoms with Crippen LogP contribution in [0, 0.1) is 5.92 Å². The van der Waals surface area contributed by atoms with E-state index in [1.807, 2.05) is 0 Å². The maximum atomic E-state index is 13.8. The summed E-state index contributed by atoms with van der Waals surface area (Å²) < 4.78 is 116. The zero-order valence-electron chi connectivity index (χ0n) is 23.7. The molecule has 0 unspecified atom stereocenters. The molecule has 2 heterocycles. The molecule has 0 saturated heterocycles. The van der Waals surface area contributed by atoms with Gasteiger partial charge in [-0.3, -0.25) is 9.59 Å². The summed E-state index contributed by atoms with van der Waals surface area (Å²) in [5, 5.41) is 5.11. The van der Waals surface area contributed by atoms with Crippen LogP contribution in [0.4, 0.5) is 35.1 Å². The largest absolute Gasteiger partial charge is 0.471 e. The van der Waals surface area contributed by atoms with Crippen LogP contribution in [0.1, 0.15) is 58.6 Å². The van der Waals surface area contributed by atoms with Gasteiger partial charge in [-0.25, -0.2) is 13.8 Å². The number of amides is 2. The minimum Gasteiger partial charge on any atom is -0.471 e. The summed E-state index contributed by atoms with van der Waals surface area (Å²) in [4.78, 5) is 35.8. The maximum absolute atomic E-state index is 13.8. The lowest BCUT2D eigenvalue weighted by molar-refractivity contribution is -0.182. The average molecular weight is 652 g/mol. The van der Waals surface area contributed by atoms with Crippen molar-refractivity contribution in [1.82, 2.24) is 25.6 Å². The third kappa shape index (κ3) is 9.02. The summed E-state index contributed by atoms with van der Waals surface area (Å²) in [5.74, 6) is -3.31. The molecule has 2 aromatic heterocycles. The van der Waals surface area contributed by atoms with Crippen LogP contribution in [-0.2, 0) is 28.7 Å². The highest BCUT2D eigenvalue weighted by Crippen LogP contribution is 2.38. The number of methoxy groups -OCH3 is 1. The molecule has 0 spiro atoms. The van der Waals surface area contributed by atoms with Gasteiger partial charge in [0, 0.05) is 26.1 Å². The predicted molar refractivity (Wildman–Crippen MR) is 143 cm³/mol. The molecule has 9 nitrogen and oxygen atoms in total. The second-order valence-electron chi connectivity index (χ2n) is 10.5. The first-order valence-corrected chi connectivity index (χ1v) is 13.8. The summed E-state index contributed by atoms with van der Waals surface area (Å²) in [6, 6.07) is 3.91. The Balaban J connectivity index is 1.59. The lowest BCUT2D eigenvalue weighted by atomic mass is 9.85. The molecule has 1 aromatic carbocycles. The van der Waals surface area contributed by atoms with E-state index in [0.717, 1.165) is 6.07 Å². The number of benzene rings is 1. The van der Waals surface area contributed by atoms with Crippen molar-refractivity contribution < 1.29 is 54.2 Å². The predicted octanol–water partition coefficient (Wildman–Crippen LogP) is 5.32. The molecule has 2 amide bonds. The van der Waals surface area contributed by atoms with Crippen molar-refractivity contribution in [2.75, 3.05) is 20.3 Å². The molecule has 4 rings (SSSR count). The molecular formula is C28H29F8N5O4. The molecule has 0 atom stereocenters. The van der Waals surface area contributed by atoms with Crippen LogP contribution >= 0.6 is 0 Å². The molecule has 1 saturated carbocycles. The number of carbonyl (C=O) groups is 2. The normalized spacial score (nSPS) is 17.5. The molecule has 0 radical (unpaired) electrons. The molecular weight excluding hydrogens is 622 g/mol. The van der Waals surface area contributed by atoms with Crippen molar-refractivity contribution in [1.29, 1.82) is 0 Å². The fourth-order valence-electron chi connectivity index (χ4n) is 5.05. The Morgan fingerprint density at radius 2 is 1.76 bits per heavy atom. The van der Waals surface area contributed by atoms with Crippen molar-refractivity contribution in [3.05, 3.63) is 52.3 Å². The van der Waals surface area contributed by atoms with Crippen LogP contribution in [-0.4, -0.2) is 65.7 Å². The Hall–Kier alpha value is -4.02. The fraction of sp³-hybridized carbons (Fsp3) is 0.500. The van der Waals surface area contributed by atoms with E-state index in [-0.39, 0.29) is 73.4 Å². The SMILES string of the molecule is COCC(=O)NCc1ccc(C(F)(F)F)c(Cc2nc3nc(OCC(F)F)c(C(=O)NC4CCC(C(F)(F)F)CC4)cc3[nH]2)c1. The monoisotopic (exact) mass is 651 g/mol. The Labute approximate surface area is 251 Å². The van der Waals surface area contributed by atoms with E-state index in [1.54, 1.807) is 0 Å². The third-order valence-corrected chi connectivity index (χ3v) is 7.20. The van der Waals surface area contributed by atoms with Gasteiger partial charge in [0.2, 0.25) is 11.8 Å². The van der Waals surface area contributed by atoms with Crippen LogP contribution in [0.25, 0.3) is 11.2 Å².